The number of rotatable bonds is 3. The smallest absolute Gasteiger partial charge is 0.416 e. The van der Waals surface area contributed by atoms with Crippen molar-refractivity contribution in [1.29, 1.82) is 5.26 Å². The second-order valence-corrected chi connectivity index (χ2v) is 4.43. The van der Waals surface area contributed by atoms with E-state index in [0.717, 1.165) is 12.1 Å². The molecule has 1 rings (SSSR count). The highest BCUT2D eigenvalue weighted by Crippen LogP contribution is 2.35. The van der Waals surface area contributed by atoms with Crippen molar-refractivity contribution >= 4 is 21.9 Å². The summed E-state index contributed by atoms with van der Waals surface area (Å²) in [5.74, 6) is -0.765. The molecule has 1 aromatic rings. The van der Waals surface area contributed by atoms with Gasteiger partial charge in [0.05, 0.1) is 24.2 Å². The maximum absolute atomic E-state index is 12.8. The number of benzene rings is 1. The molecule has 0 unspecified atom stereocenters. The van der Waals surface area contributed by atoms with Crippen LogP contribution in [0.3, 0.4) is 0 Å². The molecule has 3 nitrogen and oxygen atoms in total. The van der Waals surface area contributed by atoms with Gasteiger partial charge in [-0.3, -0.25) is 4.79 Å². The number of carbonyl (C=O) groups excluding carboxylic acids is 1. The molecule has 102 valence electrons. The first kappa shape index (κ1) is 15.5. The second-order valence-electron chi connectivity index (χ2n) is 3.58. The van der Waals surface area contributed by atoms with E-state index >= 15 is 0 Å². The third kappa shape index (κ3) is 3.96. The van der Waals surface area contributed by atoms with E-state index in [4.69, 9.17) is 5.26 Å². The summed E-state index contributed by atoms with van der Waals surface area (Å²) in [6, 6.07) is 3.60. The topological polar surface area (TPSA) is 50.1 Å². The number of halogens is 4. The van der Waals surface area contributed by atoms with Crippen molar-refractivity contribution in [1.82, 2.24) is 0 Å². The monoisotopic (exact) mass is 335 g/mol. The van der Waals surface area contributed by atoms with E-state index in [2.05, 4.69) is 20.7 Å². The Labute approximate surface area is 116 Å². The lowest BCUT2D eigenvalue weighted by Crippen LogP contribution is -2.15. The van der Waals surface area contributed by atoms with Crippen molar-refractivity contribution in [2.45, 2.75) is 19.5 Å². The minimum Gasteiger partial charge on any atom is -0.466 e. The predicted octanol–water partition coefficient (Wildman–Crippen LogP) is 3.45. The van der Waals surface area contributed by atoms with E-state index in [1.807, 2.05) is 0 Å². The number of ether oxygens (including phenoxy) is 1. The molecule has 0 spiro atoms. The molecule has 0 radical (unpaired) electrons. The molecule has 7 heteroatoms. The van der Waals surface area contributed by atoms with Gasteiger partial charge in [0.25, 0.3) is 0 Å². The molecule has 0 bridgehead atoms. The second kappa shape index (κ2) is 6.06. The van der Waals surface area contributed by atoms with E-state index in [-0.39, 0.29) is 22.2 Å². The van der Waals surface area contributed by atoms with Gasteiger partial charge in [-0.05, 0) is 40.5 Å². The summed E-state index contributed by atoms with van der Waals surface area (Å²) in [5, 5.41) is 8.80. The Kier molecular flexibility index (Phi) is 4.95. The predicted molar refractivity (Wildman–Crippen MR) is 64.2 cm³/mol. The fraction of sp³-hybridized carbons (Fsp3) is 0.333. The molecular weight excluding hydrogens is 327 g/mol. The standard InChI is InChI=1S/C12H9BrF3NO2/c1-2-19-11(18)4-7-3-8(6-17)10(13)5-9(7)12(14,15)16/h3,5H,2,4H2,1H3. The fourth-order valence-corrected chi connectivity index (χ4v) is 1.91. The van der Waals surface area contributed by atoms with Crippen LogP contribution in [0.4, 0.5) is 13.2 Å². The molecule has 1 aromatic carbocycles. The molecule has 0 saturated heterocycles. The first-order valence-electron chi connectivity index (χ1n) is 5.25. The highest BCUT2D eigenvalue weighted by atomic mass is 79.9. The Balaban J connectivity index is 3.27. The van der Waals surface area contributed by atoms with Crippen LogP contribution < -0.4 is 0 Å². The number of hydrogen-bond acceptors (Lipinski definition) is 3. The molecule has 0 N–H and O–H groups in total. The summed E-state index contributed by atoms with van der Waals surface area (Å²) in [6.45, 7) is 1.65. The normalized spacial score (nSPS) is 10.9. The van der Waals surface area contributed by atoms with Crippen LogP contribution in [-0.4, -0.2) is 12.6 Å². The van der Waals surface area contributed by atoms with Gasteiger partial charge < -0.3 is 4.74 Å². The third-order valence-corrected chi connectivity index (χ3v) is 2.91. The van der Waals surface area contributed by atoms with Crippen LogP contribution in [-0.2, 0) is 22.1 Å². The number of hydrogen-bond donors (Lipinski definition) is 0. The van der Waals surface area contributed by atoms with Gasteiger partial charge in [0.2, 0.25) is 0 Å². The van der Waals surface area contributed by atoms with Crippen LogP contribution in [0.1, 0.15) is 23.6 Å². The van der Waals surface area contributed by atoms with Crippen molar-refractivity contribution in [2.75, 3.05) is 6.61 Å². The summed E-state index contributed by atoms with van der Waals surface area (Å²) in [5.41, 5.74) is -1.19. The van der Waals surface area contributed by atoms with Gasteiger partial charge in [0.1, 0.15) is 6.07 Å². The number of carbonyl (C=O) groups is 1. The van der Waals surface area contributed by atoms with E-state index in [0.29, 0.717) is 0 Å². The Hall–Kier alpha value is -1.55. The van der Waals surface area contributed by atoms with Crippen LogP contribution in [0.25, 0.3) is 0 Å². The van der Waals surface area contributed by atoms with Gasteiger partial charge in [-0.2, -0.15) is 18.4 Å². The van der Waals surface area contributed by atoms with Gasteiger partial charge in [-0.25, -0.2) is 0 Å². The van der Waals surface area contributed by atoms with Gasteiger partial charge in [-0.15, -0.1) is 0 Å². The zero-order valence-corrected chi connectivity index (χ0v) is 11.4. The lowest BCUT2D eigenvalue weighted by atomic mass is 10.0. The van der Waals surface area contributed by atoms with Crippen molar-refractivity contribution in [3.05, 3.63) is 33.3 Å². The minimum absolute atomic E-state index is 0.0345. The summed E-state index contributed by atoms with van der Waals surface area (Å²) in [4.78, 5) is 11.3. The highest BCUT2D eigenvalue weighted by Gasteiger charge is 2.34. The van der Waals surface area contributed by atoms with Crippen LogP contribution >= 0.6 is 15.9 Å². The van der Waals surface area contributed by atoms with E-state index in [9.17, 15) is 18.0 Å². The van der Waals surface area contributed by atoms with Crippen LogP contribution in [0.15, 0.2) is 16.6 Å². The van der Waals surface area contributed by atoms with Crippen molar-refractivity contribution in [3.8, 4) is 6.07 Å². The fourth-order valence-electron chi connectivity index (χ4n) is 1.48. The van der Waals surface area contributed by atoms with Crippen LogP contribution in [0.5, 0.6) is 0 Å². The molecule has 0 aromatic heterocycles. The van der Waals surface area contributed by atoms with Crippen molar-refractivity contribution in [3.63, 3.8) is 0 Å². The number of nitrogens with zero attached hydrogens (tertiary/aromatic N) is 1. The first-order chi connectivity index (χ1) is 8.79. The van der Waals surface area contributed by atoms with E-state index in [1.54, 1.807) is 13.0 Å². The van der Waals surface area contributed by atoms with Gasteiger partial charge in [0, 0.05) is 4.47 Å². The molecule has 0 aliphatic carbocycles. The van der Waals surface area contributed by atoms with Crippen LogP contribution in [0, 0.1) is 11.3 Å². The molecule has 0 heterocycles. The summed E-state index contributed by atoms with van der Waals surface area (Å²) in [6.07, 6.45) is -5.12. The maximum Gasteiger partial charge on any atom is 0.416 e. The molecular formula is C12H9BrF3NO2. The van der Waals surface area contributed by atoms with Gasteiger partial charge in [-0.1, -0.05) is 0 Å². The van der Waals surface area contributed by atoms with E-state index < -0.39 is 24.1 Å². The lowest BCUT2D eigenvalue weighted by molar-refractivity contribution is -0.143. The molecule has 0 aliphatic rings. The third-order valence-electron chi connectivity index (χ3n) is 2.26. The Morgan fingerprint density at radius 1 is 1.47 bits per heavy atom. The number of esters is 1. The largest absolute Gasteiger partial charge is 0.466 e. The van der Waals surface area contributed by atoms with Gasteiger partial charge >= 0.3 is 12.1 Å². The summed E-state index contributed by atoms with van der Waals surface area (Å²) < 4.78 is 43.2. The molecule has 0 amide bonds. The Morgan fingerprint density at radius 2 is 2.11 bits per heavy atom. The zero-order chi connectivity index (χ0) is 14.6. The quantitative estimate of drug-likeness (QED) is 0.795. The van der Waals surface area contributed by atoms with Crippen LogP contribution in [0.2, 0.25) is 0 Å². The maximum atomic E-state index is 12.8. The Morgan fingerprint density at radius 3 is 2.58 bits per heavy atom. The number of alkyl halides is 3. The van der Waals surface area contributed by atoms with Crippen molar-refractivity contribution < 1.29 is 22.7 Å². The summed E-state index contributed by atoms with van der Waals surface area (Å²) >= 11 is 2.89. The SMILES string of the molecule is CCOC(=O)Cc1cc(C#N)c(Br)cc1C(F)(F)F. The molecule has 0 atom stereocenters. The zero-order valence-electron chi connectivity index (χ0n) is 9.84. The minimum atomic E-state index is -4.60. The number of nitriles is 1. The van der Waals surface area contributed by atoms with Crippen molar-refractivity contribution in [2.24, 2.45) is 0 Å². The average molecular weight is 336 g/mol. The summed E-state index contributed by atoms with van der Waals surface area (Å²) in [7, 11) is 0. The van der Waals surface area contributed by atoms with E-state index in [1.165, 1.54) is 0 Å². The van der Waals surface area contributed by atoms with Gasteiger partial charge in [0.15, 0.2) is 0 Å². The highest BCUT2D eigenvalue weighted by molar-refractivity contribution is 9.10. The molecule has 19 heavy (non-hydrogen) atoms. The molecule has 0 saturated carbocycles. The molecule has 0 aliphatic heterocycles. The molecule has 0 fully saturated rings. The average Bonchev–Trinajstić information content (AvgIpc) is 2.29. The Bertz CT molecular complexity index is 535. The lowest BCUT2D eigenvalue weighted by Gasteiger charge is -2.13. The first-order valence-corrected chi connectivity index (χ1v) is 6.04.